The van der Waals surface area contributed by atoms with E-state index in [-0.39, 0.29) is 16.5 Å². The van der Waals surface area contributed by atoms with Crippen LogP contribution in [0.2, 0.25) is 0 Å². The van der Waals surface area contributed by atoms with E-state index in [4.69, 9.17) is 77.8 Å². The SMILES string of the molecule is COCCOc1ccc2c(c1)-c1nc-2nc2[n-]c(nc3nc(nc4[n-]c(n1)c1ccc(OCCOC)cc41)-c1ccc(OCCOC)cc1-3)c1ccc(OCCOC)cc21.[Ni+2]. The summed E-state index contributed by atoms with van der Waals surface area (Å²) < 4.78 is 44.9. The molecule has 314 valence electrons. The molecule has 0 fully saturated rings. The van der Waals surface area contributed by atoms with Gasteiger partial charge in [-0.3, -0.25) is 0 Å². The first-order chi connectivity index (χ1) is 29.5. The second-order valence-corrected chi connectivity index (χ2v) is 13.7. The molecule has 0 saturated heterocycles. The molecule has 3 aromatic heterocycles. The van der Waals surface area contributed by atoms with Crippen molar-refractivity contribution in [2.75, 3.05) is 81.3 Å². The Kier molecular flexibility index (Phi) is 12.6. The second kappa shape index (κ2) is 18.6. The van der Waals surface area contributed by atoms with Gasteiger partial charge in [-0.1, -0.05) is 0 Å². The number of nitrogens with zero attached hydrogens (tertiary/aromatic N) is 8. The van der Waals surface area contributed by atoms with Crippen LogP contribution in [0.15, 0.2) is 72.8 Å². The quantitative estimate of drug-likeness (QED) is 0.0788. The standard InChI is InChI=1S/C44H40N8O8.Ni/c1-53-13-17-57-25-5-9-29-33(21-25)41-45-37(29)50-42-35-23-27(59-19-15-55-3)7-11-31(35)39(47-42)52-44-36-24-28(60-20-16-56-4)8-12-32(36)40(48-44)51-43-34-22-26(58-18-14-54-2)6-10-30(34)38(46-43)49-41;/h5-12,21-24H,13-20H2,1-4H3;/q-2;+2. The molecule has 2 aliphatic heterocycles. The van der Waals surface area contributed by atoms with Crippen LogP contribution >= 0.6 is 0 Å². The van der Waals surface area contributed by atoms with Crippen LogP contribution in [0, 0.1) is 0 Å². The summed E-state index contributed by atoms with van der Waals surface area (Å²) in [5.74, 6) is 4.10. The Morgan fingerprint density at radius 2 is 0.656 bits per heavy atom. The minimum Gasteiger partial charge on any atom is -0.491 e. The molecule has 2 aliphatic rings. The molecular weight excluding hydrogens is 827 g/mol. The van der Waals surface area contributed by atoms with E-state index < -0.39 is 0 Å². The summed E-state index contributed by atoms with van der Waals surface area (Å²) in [7, 11) is 6.52. The molecule has 0 aliphatic carbocycles. The molecule has 4 aromatic carbocycles. The van der Waals surface area contributed by atoms with Crippen molar-refractivity contribution in [1.82, 2.24) is 39.9 Å². The summed E-state index contributed by atoms with van der Waals surface area (Å²) in [6, 6.07) is 22.8. The number of rotatable bonds is 16. The molecule has 17 heteroatoms. The third kappa shape index (κ3) is 8.56. The Morgan fingerprint density at radius 1 is 0.344 bits per heavy atom. The van der Waals surface area contributed by atoms with Crippen molar-refractivity contribution in [3.8, 4) is 68.5 Å². The summed E-state index contributed by atoms with van der Waals surface area (Å²) in [6.07, 6.45) is 0. The minimum atomic E-state index is 0. The van der Waals surface area contributed by atoms with Crippen molar-refractivity contribution in [3.05, 3.63) is 72.8 Å². The Hall–Kier alpha value is -6.23. The molecule has 0 saturated carbocycles. The van der Waals surface area contributed by atoms with Gasteiger partial charge in [-0.05, 0) is 94.3 Å². The van der Waals surface area contributed by atoms with E-state index in [2.05, 4.69) is 0 Å². The van der Waals surface area contributed by atoms with Gasteiger partial charge in [0.2, 0.25) is 0 Å². The zero-order chi connectivity index (χ0) is 41.0. The molecule has 0 radical (unpaired) electrons. The van der Waals surface area contributed by atoms with Gasteiger partial charge < -0.3 is 67.8 Å². The van der Waals surface area contributed by atoms with Gasteiger partial charge in [0.25, 0.3) is 0 Å². The summed E-state index contributed by atoms with van der Waals surface area (Å²) in [5.41, 5.74) is 4.49. The maximum Gasteiger partial charge on any atom is 2.00 e. The van der Waals surface area contributed by atoms with E-state index in [1.54, 1.807) is 28.4 Å². The van der Waals surface area contributed by atoms with E-state index in [9.17, 15) is 0 Å². The van der Waals surface area contributed by atoms with E-state index >= 15 is 0 Å². The number of fused-ring (bicyclic) bond motifs is 20. The Bertz CT molecular complexity index is 2690. The van der Waals surface area contributed by atoms with Gasteiger partial charge in [-0.25, -0.2) is 9.97 Å². The number of hydrogen-bond donors (Lipinski definition) is 0. The van der Waals surface area contributed by atoms with Gasteiger partial charge in [0.1, 0.15) is 49.4 Å². The maximum atomic E-state index is 6.02. The van der Waals surface area contributed by atoms with E-state index in [0.29, 0.717) is 144 Å². The smallest absolute Gasteiger partial charge is 0.491 e. The molecule has 0 atom stereocenters. The van der Waals surface area contributed by atoms with Crippen LogP contribution in [-0.4, -0.2) is 111 Å². The largest absolute Gasteiger partial charge is 2.00 e. The summed E-state index contributed by atoms with van der Waals surface area (Å²) in [5, 5.41) is 2.90. The van der Waals surface area contributed by atoms with Crippen molar-refractivity contribution < 1.29 is 54.4 Å². The van der Waals surface area contributed by atoms with Crippen LogP contribution in [0.4, 0.5) is 0 Å². The van der Waals surface area contributed by atoms with Crippen molar-refractivity contribution in [3.63, 3.8) is 0 Å². The Balaban J connectivity index is 0.00000514. The first-order valence-corrected chi connectivity index (χ1v) is 19.3. The normalized spacial score (nSPS) is 11.6. The topological polar surface area (TPSA) is 179 Å². The fraction of sp³-hybridized carbons (Fsp3) is 0.273. The van der Waals surface area contributed by atoms with Gasteiger partial charge in [0.05, 0.1) is 49.7 Å². The molecule has 7 aromatic rings. The third-order valence-corrected chi connectivity index (χ3v) is 9.81. The van der Waals surface area contributed by atoms with E-state index in [1.807, 2.05) is 72.8 Å². The first-order valence-electron chi connectivity index (χ1n) is 19.3. The number of ether oxygens (including phenoxy) is 8. The molecule has 5 heterocycles. The number of methoxy groups -OCH3 is 4. The average molecular weight is 868 g/mol. The third-order valence-electron chi connectivity index (χ3n) is 9.81. The molecule has 9 rings (SSSR count). The maximum absolute atomic E-state index is 6.02. The van der Waals surface area contributed by atoms with Crippen LogP contribution in [0.25, 0.3) is 89.7 Å². The minimum absolute atomic E-state index is 0. The van der Waals surface area contributed by atoms with Crippen LogP contribution in [-0.2, 0) is 35.4 Å². The van der Waals surface area contributed by atoms with Crippen LogP contribution < -0.4 is 28.9 Å². The predicted molar refractivity (Wildman–Crippen MR) is 223 cm³/mol. The number of hydrogen-bond acceptors (Lipinski definition) is 14. The summed E-state index contributed by atoms with van der Waals surface area (Å²) >= 11 is 0. The van der Waals surface area contributed by atoms with Crippen LogP contribution in [0.1, 0.15) is 0 Å². The average Bonchev–Trinajstić information content (AvgIpc) is 3.99. The molecule has 8 bridgehead atoms. The molecule has 0 unspecified atom stereocenters. The van der Waals surface area contributed by atoms with Crippen LogP contribution in [0.3, 0.4) is 0 Å². The van der Waals surface area contributed by atoms with Gasteiger partial charge >= 0.3 is 16.5 Å². The van der Waals surface area contributed by atoms with Gasteiger partial charge in [0, 0.05) is 73.3 Å². The Morgan fingerprint density at radius 3 is 1.02 bits per heavy atom. The predicted octanol–water partition coefficient (Wildman–Crippen LogP) is 6.23. The zero-order valence-electron chi connectivity index (χ0n) is 33.7. The van der Waals surface area contributed by atoms with Crippen molar-refractivity contribution in [1.29, 1.82) is 0 Å². The first kappa shape index (κ1) is 41.5. The number of benzene rings is 4. The van der Waals surface area contributed by atoms with Crippen molar-refractivity contribution in [2.24, 2.45) is 0 Å². The molecule has 16 nitrogen and oxygen atoms in total. The van der Waals surface area contributed by atoms with Gasteiger partial charge in [0.15, 0.2) is 0 Å². The molecule has 61 heavy (non-hydrogen) atoms. The van der Waals surface area contributed by atoms with Gasteiger partial charge in [-0.2, -0.15) is 0 Å². The van der Waals surface area contributed by atoms with Crippen molar-refractivity contribution >= 4 is 44.1 Å². The number of aromatic nitrogens is 8. The second-order valence-electron chi connectivity index (χ2n) is 13.7. The van der Waals surface area contributed by atoms with E-state index in [0.717, 1.165) is 21.9 Å². The summed E-state index contributed by atoms with van der Waals surface area (Å²) in [4.78, 5) is 40.4. The molecule has 0 amide bonds. The van der Waals surface area contributed by atoms with Crippen molar-refractivity contribution in [2.45, 2.75) is 0 Å². The van der Waals surface area contributed by atoms with E-state index in [1.165, 1.54) is 0 Å². The van der Waals surface area contributed by atoms with Crippen LogP contribution in [0.5, 0.6) is 23.0 Å². The molecule has 0 N–H and O–H groups in total. The Labute approximate surface area is 359 Å². The fourth-order valence-electron chi connectivity index (χ4n) is 6.91. The summed E-state index contributed by atoms with van der Waals surface area (Å²) in [6.45, 7) is 3.20. The monoisotopic (exact) mass is 866 g/mol. The van der Waals surface area contributed by atoms with Gasteiger partial charge in [-0.15, -0.1) is 0 Å². The zero-order valence-corrected chi connectivity index (χ0v) is 34.7. The fourth-order valence-corrected chi connectivity index (χ4v) is 6.91. The molecular formula is C44H40N8NiO8. The molecule has 0 spiro atoms.